The molecule has 6 heteroatoms. The Hall–Kier alpha value is -1.33. The predicted octanol–water partition coefficient (Wildman–Crippen LogP) is 1.79. The Bertz CT molecular complexity index is 434. The molecular weight excluding hydrogens is 264 g/mol. The van der Waals surface area contributed by atoms with E-state index in [0.717, 1.165) is 19.3 Å². The van der Waals surface area contributed by atoms with Crippen molar-refractivity contribution in [2.75, 3.05) is 6.67 Å². The highest BCUT2D eigenvalue weighted by Crippen LogP contribution is 2.29. The quantitative estimate of drug-likeness (QED) is 0.858. The lowest BCUT2D eigenvalue weighted by Gasteiger charge is -2.36. The van der Waals surface area contributed by atoms with Crippen LogP contribution in [-0.2, 0) is 0 Å². The van der Waals surface area contributed by atoms with Gasteiger partial charge >= 0.3 is 0 Å². The molecule has 19 heavy (non-hydrogen) atoms. The molecule has 2 heterocycles. The van der Waals surface area contributed by atoms with Crippen molar-refractivity contribution in [3.8, 4) is 5.88 Å². The zero-order chi connectivity index (χ0) is 13.1. The van der Waals surface area contributed by atoms with E-state index in [1.54, 1.807) is 12.5 Å². The van der Waals surface area contributed by atoms with Crippen LogP contribution >= 0.6 is 11.6 Å². The van der Waals surface area contributed by atoms with Gasteiger partial charge in [0.25, 0.3) is 0 Å². The molecular formula is C13H17ClN4O. The molecule has 5 nitrogen and oxygen atoms in total. The van der Waals surface area contributed by atoms with Crippen LogP contribution in [0.1, 0.15) is 19.3 Å². The highest BCUT2D eigenvalue weighted by Gasteiger charge is 2.34. The summed E-state index contributed by atoms with van der Waals surface area (Å²) in [5, 5.41) is 2.13. The lowest BCUT2D eigenvalue weighted by molar-refractivity contribution is 0.0828. The number of hydrazine groups is 1. The van der Waals surface area contributed by atoms with Gasteiger partial charge < -0.3 is 10.2 Å². The summed E-state index contributed by atoms with van der Waals surface area (Å²) in [7, 11) is 0. The van der Waals surface area contributed by atoms with Gasteiger partial charge in [-0.3, -0.25) is 4.99 Å². The summed E-state index contributed by atoms with van der Waals surface area (Å²) in [6.45, 7) is 0.708. The minimum absolute atomic E-state index is 0.00292. The number of aliphatic imine (C=N–C) groups is 1. The van der Waals surface area contributed by atoms with Crippen LogP contribution in [0.2, 0.25) is 0 Å². The van der Waals surface area contributed by atoms with Crippen molar-refractivity contribution in [1.29, 1.82) is 0 Å². The van der Waals surface area contributed by atoms with Crippen molar-refractivity contribution in [2.24, 2.45) is 4.99 Å². The largest absolute Gasteiger partial charge is 0.473 e. The molecule has 0 radical (unpaired) electrons. The molecule has 1 aliphatic carbocycles. The van der Waals surface area contributed by atoms with E-state index in [2.05, 4.69) is 20.4 Å². The molecule has 102 valence electrons. The summed E-state index contributed by atoms with van der Waals surface area (Å²) < 4.78 is 5.87. The van der Waals surface area contributed by atoms with Crippen molar-refractivity contribution >= 4 is 17.9 Å². The highest BCUT2D eigenvalue weighted by molar-refractivity contribution is 6.21. The summed E-state index contributed by atoms with van der Waals surface area (Å²) >= 11 is 6.46. The van der Waals surface area contributed by atoms with E-state index in [9.17, 15) is 0 Å². The molecule has 1 saturated carbocycles. The van der Waals surface area contributed by atoms with Crippen LogP contribution in [0.4, 0.5) is 0 Å². The van der Waals surface area contributed by atoms with Crippen LogP contribution in [0, 0.1) is 0 Å². The second-order valence-electron chi connectivity index (χ2n) is 4.86. The maximum Gasteiger partial charge on any atom is 0.213 e. The fourth-order valence-corrected chi connectivity index (χ4v) is 2.94. The first-order chi connectivity index (χ1) is 9.33. The van der Waals surface area contributed by atoms with Crippen molar-refractivity contribution in [2.45, 2.75) is 36.8 Å². The monoisotopic (exact) mass is 280 g/mol. The number of hydrogen-bond acceptors (Lipinski definition) is 5. The van der Waals surface area contributed by atoms with Gasteiger partial charge in [0, 0.05) is 18.3 Å². The molecule has 0 bridgehead atoms. The van der Waals surface area contributed by atoms with Gasteiger partial charge in [-0.05, 0) is 25.3 Å². The second kappa shape index (κ2) is 5.75. The first-order valence-corrected chi connectivity index (χ1v) is 6.99. The average molecular weight is 281 g/mol. The van der Waals surface area contributed by atoms with Crippen molar-refractivity contribution in [1.82, 2.24) is 15.4 Å². The van der Waals surface area contributed by atoms with E-state index in [0.29, 0.717) is 18.6 Å². The molecule has 0 spiro atoms. The third-order valence-electron chi connectivity index (χ3n) is 3.58. The highest BCUT2D eigenvalue weighted by atomic mass is 35.5. The Balaban J connectivity index is 1.55. The van der Waals surface area contributed by atoms with Crippen LogP contribution in [-0.4, -0.2) is 40.5 Å². The number of pyridine rings is 1. The van der Waals surface area contributed by atoms with Crippen molar-refractivity contribution < 1.29 is 4.74 Å². The summed E-state index contributed by atoms with van der Waals surface area (Å²) in [5.74, 6) is 0.652. The van der Waals surface area contributed by atoms with Crippen molar-refractivity contribution in [3.05, 3.63) is 24.4 Å². The van der Waals surface area contributed by atoms with E-state index in [4.69, 9.17) is 16.3 Å². The Labute approximate surface area is 117 Å². The lowest BCUT2D eigenvalue weighted by atomic mass is 9.92. The third kappa shape index (κ3) is 2.98. The van der Waals surface area contributed by atoms with Crippen LogP contribution in [0.5, 0.6) is 5.88 Å². The fourth-order valence-electron chi connectivity index (χ4n) is 2.56. The Morgan fingerprint density at radius 1 is 1.37 bits per heavy atom. The van der Waals surface area contributed by atoms with Crippen LogP contribution in [0.25, 0.3) is 0 Å². The second-order valence-corrected chi connectivity index (χ2v) is 5.42. The maximum atomic E-state index is 6.46. The molecule has 1 aromatic rings. The first-order valence-electron chi connectivity index (χ1n) is 6.56. The van der Waals surface area contributed by atoms with Crippen LogP contribution < -0.4 is 10.2 Å². The number of rotatable bonds is 3. The molecule has 3 rings (SSSR count). The SMILES string of the molecule is ClC1CC(N2CN=CN2)CCC1Oc1ccccn1. The van der Waals surface area contributed by atoms with Gasteiger partial charge in [0.2, 0.25) is 5.88 Å². The molecule has 1 fully saturated rings. The van der Waals surface area contributed by atoms with Gasteiger partial charge in [0.05, 0.1) is 11.7 Å². The molecule has 0 amide bonds. The third-order valence-corrected chi connectivity index (χ3v) is 4.04. The van der Waals surface area contributed by atoms with Gasteiger partial charge in [-0.15, -0.1) is 11.6 Å². The van der Waals surface area contributed by atoms with Gasteiger partial charge in [-0.25, -0.2) is 4.98 Å². The van der Waals surface area contributed by atoms with E-state index in [1.807, 2.05) is 18.2 Å². The average Bonchev–Trinajstić information content (AvgIpc) is 2.96. The summed E-state index contributed by atoms with van der Waals surface area (Å²) in [4.78, 5) is 8.34. The van der Waals surface area contributed by atoms with Gasteiger partial charge in [-0.1, -0.05) is 6.07 Å². The summed E-state index contributed by atoms with van der Waals surface area (Å²) in [5.41, 5.74) is 3.14. The molecule has 3 unspecified atom stereocenters. The zero-order valence-corrected chi connectivity index (χ0v) is 11.3. The summed E-state index contributed by atoms with van der Waals surface area (Å²) in [6, 6.07) is 6.09. The Kier molecular flexibility index (Phi) is 3.84. The topological polar surface area (TPSA) is 49.8 Å². The first kappa shape index (κ1) is 12.7. The Morgan fingerprint density at radius 3 is 3.00 bits per heavy atom. The van der Waals surface area contributed by atoms with Crippen molar-refractivity contribution in [3.63, 3.8) is 0 Å². The van der Waals surface area contributed by atoms with E-state index >= 15 is 0 Å². The minimum atomic E-state index is 0.00292. The fraction of sp³-hybridized carbons (Fsp3) is 0.538. The normalized spacial score (nSPS) is 31.1. The number of hydrogen-bond donors (Lipinski definition) is 1. The number of nitrogens with zero attached hydrogens (tertiary/aromatic N) is 3. The van der Waals surface area contributed by atoms with E-state index < -0.39 is 0 Å². The minimum Gasteiger partial charge on any atom is -0.473 e. The number of halogens is 1. The number of nitrogens with one attached hydrogen (secondary N) is 1. The molecule has 0 saturated heterocycles. The lowest BCUT2D eigenvalue weighted by Crippen LogP contribution is -2.48. The maximum absolute atomic E-state index is 6.46. The zero-order valence-electron chi connectivity index (χ0n) is 10.6. The molecule has 3 atom stereocenters. The smallest absolute Gasteiger partial charge is 0.213 e. The predicted molar refractivity (Wildman–Crippen MR) is 74.3 cm³/mol. The van der Waals surface area contributed by atoms with Crippen LogP contribution in [0.15, 0.2) is 29.4 Å². The summed E-state index contributed by atoms with van der Waals surface area (Å²) in [6.07, 6.45) is 6.39. The van der Waals surface area contributed by atoms with Gasteiger partial charge in [0.1, 0.15) is 12.8 Å². The Morgan fingerprint density at radius 2 is 2.32 bits per heavy atom. The van der Waals surface area contributed by atoms with E-state index in [1.165, 1.54) is 0 Å². The van der Waals surface area contributed by atoms with Gasteiger partial charge in [-0.2, -0.15) is 5.01 Å². The van der Waals surface area contributed by atoms with E-state index in [-0.39, 0.29) is 11.5 Å². The van der Waals surface area contributed by atoms with Gasteiger partial charge in [0.15, 0.2) is 0 Å². The standard InChI is InChI=1S/C13H17ClN4O/c14-11-7-10(18-9-15-8-17-18)4-5-12(11)19-13-3-1-2-6-16-13/h1-3,6,8,10-12H,4-5,7,9H2,(H,15,17). The number of ether oxygens (including phenoxy) is 1. The molecule has 2 aliphatic rings. The molecule has 1 aliphatic heterocycles. The molecule has 0 aromatic carbocycles. The molecule has 1 N–H and O–H groups in total. The number of aromatic nitrogens is 1. The molecule has 1 aromatic heterocycles. The number of alkyl halides is 1. The van der Waals surface area contributed by atoms with Crippen LogP contribution in [0.3, 0.4) is 0 Å².